The average molecular weight is 286 g/mol. The average Bonchev–Trinajstić information content (AvgIpc) is 2.90. The molecule has 0 saturated carbocycles. The molecule has 1 saturated heterocycles. The molecular formula is C14H26N2O4. The first kappa shape index (κ1) is 16.9. The summed E-state index contributed by atoms with van der Waals surface area (Å²) < 4.78 is 10.5. The molecule has 6 heteroatoms. The summed E-state index contributed by atoms with van der Waals surface area (Å²) in [4.78, 5) is 23.9. The fraction of sp³-hybridized carbons (Fsp3) is 0.857. The van der Waals surface area contributed by atoms with Crippen LogP contribution in [0.5, 0.6) is 0 Å². The molecule has 1 fully saturated rings. The molecule has 1 heterocycles. The van der Waals surface area contributed by atoms with Gasteiger partial charge in [0, 0.05) is 13.0 Å². The van der Waals surface area contributed by atoms with E-state index < -0.39 is 18.1 Å². The molecule has 6 nitrogen and oxygen atoms in total. The lowest BCUT2D eigenvalue weighted by Crippen LogP contribution is -2.51. The first-order chi connectivity index (χ1) is 9.45. The molecule has 0 aromatic heterocycles. The van der Waals surface area contributed by atoms with Gasteiger partial charge in [-0.05, 0) is 25.7 Å². The third kappa shape index (κ3) is 5.09. The van der Waals surface area contributed by atoms with E-state index in [1.54, 1.807) is 6.92 Å². The Morgan fingerprint density at radius 1 is 1.45 bits per heavy atom. The van der Waals surface area contributed by atoms with Gasteiger partial charge in [-0.2, -0.15) is 0 Å². The molecule has 0 aromatic carbocycles. The topological polar surface area (TPSA) is 90.6 Å². The zero-order valence-electron chi connectivity index (χ0n) is 12.6. The van der Waals surface area contributed by atoms with Gasteiger partial charge < -0.3 is 20.5 Å². The molecule has 1 aliphatic rings. The Morgan fingerprint density at radius 3 is 2.65 bits per heavy atom. The molecule has 1 amide bonds. The summed E-state index contributed by atoms with van der Waals surface area (Å²) in [6.45, 7) is 6.46. The minimum atomic E-state index is -0.685. The maximum absolute atomic E-state index is 12.0. The summed E-state index contributed by atoms with van der Waals surface area (Å²) >= 11 is 0. The van der Waals surface area contributed by atoms with Crippen LogP contribution in [0.2, 0.25) is 0 Å². The number of rotatable bonds is 7. The number of carbonyl (C=O) groups excluding carboxylic acids is 2. The smallest absolute Gasteiger partial charge is 0.328 e. The third-order valence-corrected chi connectivity index (χ3v) is 3.43. The molecule has 0 radical (unpaired) electrons. The van der Waals surface area contributed by atoms with Gasteiger partial charge in [0.1, 0.15) is 6.04 Å². The fourth-order valence-corrected chi connectivity index (χ4v) is 2.12. The number of nitrogens with one attached hydrogen (secondary N) is 1. The van der Waals surface area contributed by atoms with Crippen molar-refractivity contribution in [3.8, 4) is 0 Å². The predicted molar refractivity (Wildman–Crippen MR) is 75.0 cm³/mol. The predicted octanol–water partition coefficient (Wildman–Crippen LogP) is 0.587. The van der Waals surface area contributed by atoms with Crippen molar-refractivity contribution in [1.82, 2.24) is 5.32 Å². The van der Waals surface area contributed by atoms with E-state index in [0.717, 1.165) is 12.8 Å². The second-order valence-corrected chi connectivity index (χ2v) is 5.45. The summed E-state index contributed by atoms with van der Waals surface area (Å²) in [5, 5.41) is 2.69. The van der Waals surface area contributed by atoms with Crippen LogP contribution in [-0.4, -0.2) is 43.3 Å². The lowest BCUT2D eigenvalue weighted by atomic mass is 10.0. The van der Waals surface area contributed by atoms with E-state index in [1.807, 2.05) is 13.8 Å². The lowest BCUT2D eigenvalue weighted by molar-refractivity contribution is -0.148. The Labute approximate surface area is 120 Å². The van der Waals surface area contributed by atoms with Crippen molar-refractivity contribution < 1.29 is 19.1 Å². The van der Waals surface area contributed by atoms with Crippen molar-refractivity contribution in [1.29, 1.82) is 0 Å². The fourth-order valence-electron chi connectivity index (χ4n) is 2.12. The summed E-state index contributed by atoms with van der Waals surface area (Å²) in [6.07, 6.45) is 2.33. The van der Waals surface area contributed by atoms with Gasteiger partial charge in [0.15, 0.2) is 0 Å². The minimum Gasteiger partial charge on any atom is -0.464 e. The first-order valence-electron chi connectivity index (χ1n) is 7.29. The van der Waals surface area contributed by atoms with Gasteiger partial charge >= 0.3 is 5.97 Å². The second kappa shape index (κ2) is 8.21. The molecule has 3 atom stereocenters. The molecule has 0 spiro atoms. The first-order valence-corrected chi connectivity index (χ1v) is 7.29. The maximum atomic E-state index is 12.0. The summed E-state index contributed by atoms with van der Waals surface area (Å²) in [5.74, 6) is -0.732. The molecule has 1 unspecified atom stereocenters. The second-order valence-electron chi connectivity index (χ2n) is 5.45. The highest BCUT2D eigenvalue weighted by Crippen LogP contribution is 2.17. The Kier molecular flexibility index (Phi) is 6.95. The van der Waals surface area contributed by atoms with Gasteiger partial charge in [-0.15, -0.1) is 0 Å². The van der Waals surface area contributed by atoms with Crippen LogP contribution in [0, 0.1) is 5.92 Å². The van der Waals surface area contributed by atoms with Gasteiger partial charge in [0.25, 0.3) is 0 Å². The molecule has 3 N–H and O–H groups in total. The number of carbonyl (C=O) groups is 2. The van der Waals surface area contributed by atoms with E-state index in [1.165, 1.54) is 0 Å². The van der Waals surface area contributed by atoms with Crippen LogP contribution in [-0.2, 0) is 19.1 Å². The number of esters is 1. The molecule has 0 bridgehead atoms. The van der Waals surface area contributed by atoms with Crippen molar-refractivity contribution in [2.24, 2.45) is 11.7 Å². The number of hydrogen-bond acceptors (Lipinski definition) is 5. The van der Waals surface area contributed by atoms with E-state index in [0.29, 0.717) is 13.0 Å². The summed E-state index contributed by atoms with van der Waals surface area (Å²) in [5.41, 5.74) is 5.80. The molecule has 0 aromatic rings. The lowest BCUT2D eigenvalue weighted by Gasteiger charge is -2.23. The highest BCUT2D eigenvalue weighted by molar-refractivity contribution is 5.87. The van der Waals surface area contributed by atoms with Gasteiger partial charge in [-0.3, -0.25) is 4.79 Å². The largest absolute Gasteiger partial charge is 0.464 e. The standard InChI is InChI=1S/C14H26N2O4/c1-4-19-14(18)11(8-10-6-5-7-20-10)16-13(17)12(15)9(2)3/h9-12H,4-8,15H2,1-3H3,(H,16,17)/t10-,11?,12-/m0/s1. The van der Waals surface area contributed by atoms with Crippen molar-refractivity contribution in [2.75, 3.05) is 13.2 Å². The third-order valence-electron chi connectivity index (χ3n) is 3.43. The van der Waals surface area contributed by atoms with Crippen LogP contribution in [0.25, 0.3) is 0 Å². The molecular weight excluding hydrogens is 260 g/mol. The number of ether oxygens (including phenoxy) is 2. The summed E-state index contributed by atoms with van der Waals surface area (Å²) in [7, 11) is 0. The zero-order valence-corrected chi connectivity index (χ0v) is 12.6. The monoisotopic (exact) mass is 286 g/mol. The molecule has 20 heavy (non-hydrogen) atoms. The van der Waals surface area contributed by atoms with Crippen molar-refractivity contribution in [3.05, 3.63) is 0 Å². The van der Waals surface area contributed by atoms with Gasteiger partial charge in [0.05, 0.1) is 18.8 Å². The van der Waals surface area contributed by atoms with Crippen LogP contribution < -0.4 is 11.1 Å². The SMILES string of the molecule is CCOC(=O)C(C[C@@H]1CCCO1)NC(=O)[C@@H](N)C(C)C. The van der Waals surface area contributed by atoms with Crippen molar-refractivity contribution in [3.63, 3.8) is 0 Å². The Balaban J connectivity index is 2.61. The highest BCUT2D eigenvalue weighted by atomic mass is 16.5. The minimum absolute atomic E-state index is 0.0000180. The van der Waals surface area contributed by atoms with Crippen LogP contribution in [0.15, 0.2) is 0 Å². The summed E-state index contributed by atoms with van der Waals surface area (Å²) in [6, 6.07) is -1.31. The van der Waals surface area contributed by atoms with Crippen LogP contribution in [0.1, 0.15) is 40.0 Å². The molecule has 1 aliphatic heterocycles. The van der Waals surface area contributed by atoms with Crippen molar-refractivity contribution in [2.45, 2.75) is 58.2 Å². The van der Waals surface area contributed by atoms with Crippen molar-refractivity contribution >= 4 is 11.9 Å². The number of amides is 1. The van der Waals surface area contributed by atoms with Crippen LogP contribution in [0.4, 0.5) is 0 Å². The Bertz CT molecular complexity index is 327. The maximum Gasteiger partial charge on any atom is 0.328 e. The highest BCUT2D eigenvalue weighted by Gasteiger charge is 2.30. The van der Waals surface area contributed by atoms with Gasteiger partial charge in [-0.1, -0.05) is 13.8 Å². The number of nitrogens with two attached hydrogens (primary N) is 1. The van der Waals surface area contributed by atoms with Gasteiger partial charge in [0.2, 0.25) is 5.91 Å². The van der Waals surface area contributed by atoms with E-state index in [-0.39, 0.29) is 24.5 Å². The number of hydrogen-bond donors (Lipinski definition) is 2. The van der Waals surface area contributed by atoms with Crippen LogP contribution in [0.3, 0.4) is 0 Å². The zero-order chi connectivity index (χ0) is 15.1. The van der Waals surface area contributed by atoms with Gasteiger partial charge in [-0.25, -0.2) is 4.79 Å². The van der Waals surface area contributed by atoms with Crippen LogP contribution >= 0.6 is 0 Å². The molecule has 0 aliphatic carbocycles. The Hall–Kier alpha value is -1.14. The van der Waals surface area contributed by atoms with E-state index in [2.05, 4.69) is 5.32 Å². The van der Waals surface area contributed by atoms with E-state index in [4.69, 9.17) is 15.2 Å². The Morgan fingerprint density at radius 2 is 2.15 bits per heavy atom. The normalized spacial score (nSPS) is 21.6. The van der Waals surface area contributed by atoms with E-state index in [9.17, 15) is 9.59 Å². The van der Waals surface area contributed by atoms with E-state index >= 15 is 0 Å². The molecule has 116 valence electrons. The quantitative estimate of drug-likeness (QED) is 0.668. The molecule has 1 rings (SSSR count).